The smallest absolute Gasteiger partial charge is 0.257 e. The number of rotatable bonds is 6. The summed E-state index contributed by atoms with van der Waals surface area (Å²) >= 11 is 0. The molecule has 5 heteroatoms. The average Bonchev–Trinajstić information content (AvgIpc) is 2.54. The van der Waals surface area contributed by atoms with Crippen LogP contribution in [0.2, 0.25) is 0 Å². The van der Waals surface area contributed by atoms with E-state index in [0.29, 0.717) is 24.7 Å². The number of hydrogen-bond donors (Lipinski definition) is 1. The van der Waals surface area contributed by atoms with Gasteiger partial charge in [0.25, 0.3) is 5.91 Å². The van der Waals surface area contributed by atoms with Crippen molar-refractivity contribution in [2.24, 2.45) is 0 Å². The van der Waals surface area contributed by atoms with E-state index in [2.05, 4.69) is 10.3 Å². The van der Waals surface area contributed by atoms with Gasteiger partial charge in [0.1, 0.15) is 6.61 Å². The maximum atomic E-state index is 12.3. The van der Waals surface area contributed by atoms with Crippen LogP contribution in [0.1, 0.15) is 42.3 Å². The van der Waals surface area contributed by atoms with Gasteiger partial charge in [-0.25, -0.2) is 4.98 Å². The van der Waals surface area contributed by atoms with E-state index in [9.17, 15) is 4.79 Å². The summed E-state index contributed by atoms with van der Waals surface area (Å²) in [4.78, 5) is 16.5. The van der Waals surface area contributed by atoms with Gasteiger partial charge in [-0.15, -0.1) is 0 Å². The summed E-state index contributed by atoms with van der Waals surface area (Å²) in [5, 5.41) is 2.90. The van der Waals surface area contributed by atoms with E-state index in [0.717, 1.165) is 16.8 Å². The summed E-state index contributed by atoms with van der Waals surface area (Å²) in [6, 6.07) is 9.30. The van der Waals surface area contributed by atoms with Crippen LogP contribution in [0, 0.1) is 13.8 Å². The number of carbonyl (C=O) groups excluding carboxylic acids is 1. The van der Waals surface area contributed by atoms with E-state index >= 15 is 0 Å². The second kappa shape index (κ2) is 8.12. The standard InChI is InChI=1S/C20H26N2O3/c1-14-6-8-17(15(2)12-14)22-19(23)16-7-9-18(21-13-16)24-10-11-25-20(3,4)5/h6-9,12-13H,10-11H2,1-5H3,(H,22,23). The predicted octanol–water partition coefficient (Wildman–Crippen LogP) is 4.14. The van der Waals surface area contributed by atoms with Crippen molar-refractivity contribution in [2.45, 2.75) is 40.2 Å². The Morgan fingerprint density at radius 1 is 1.12 bits per heavy atom. The zero-order chi connectivity index (χ0) is 18.4. The highest BCUT2D eigenvalue weighted by molar-refractivity contribution is 6.04. The average molecular weight is 342 g/mol. The molecule has 1 N–H and O–H groups in total. The molecule has 0 saturated heterocycles. The Hall–Kier alpha value is -2.40. The first-order valence-corrected chi connectivity index (χ1v) is 8.36. The number of nitrogens with one attached hydrogen (secondary N) is 1. The van der Waals surface area contributed by atoms with Crippen molar-refractivity contribution in [3.63, 3.8) is 0 Å². The Morgan fingerprint density at radius 3 is 2.48 bits per heavy atom. The normalized spacial score (nSPS) is 11.2. The minimum atomic E-state index is -0.193. The third-order valence-electron chi connectivity index (χ3n) is 3.50. The highest BCUT2D eigenvalue weighted by atomic mass is 16.5. The lowest BCUT2D eigenvalue weighted by molar-refractivity contribution is -0.0168. The van der Waals surface area contributed by atoms with E-state index in [-0.39, 0.29) is 11.5 Å². The third kappa shape index (κ3) is 6.19. The molecule has 0 fully saturated rings. The minimum Gasteiger partial charge on any atom is -0.475 e. The van der Waals surface area contributed by atoms with Gasteiger partial charge in [0.15, 0.2) is 0 Å². The number of aryl methyl sites for hydroxylation is 2. The lowest BCUT2D eigenvalue weighted by Crippen LogP contribution is -2.22. The summed E-state index contributed by atoms with van der Waals surface area (Å²) in [5.74, 6) is 0.280. The molecule has 5 nitrogen and oxygen atoms in total. The molecular formula is C20H26N2O3. The second-order valence-corrected chi connectivity index (χ2v) is 6.97. The van der Waals surface area contributed by atoms with Crippen LogP contribution in [-0.2, 0) is 4.74 Å². The Labute approximate surface area is 149 Å². The van der Waals surface area contributed by atoms with Gasteiger partial charge in [-0.1, -0.05) is 17.7 Å². The second-order valence-electron chi connectivity index (χ2n) is 6.97. The maximum absolute atomic E-state index is 12.3. The molecular weight excluding hydrogens is 316 g/mol. The number of pyridine rings is 1. The van der Waals surface area contributed by atoms with Gasteiger partial charge in [-0.3, -0.25) is 4.79 Å². The quantitative estimate of drug-likeness (QED) is 0.801. The summed E-state index contributed by atoms with van der Waals surface area (Å²) in [6.45, 7) is 10.9. The summed E-state index contributed by atoms with van der Waals surface area (Å²) < 4.78 is 11.1. The number of anilines is 1. The van der Waals surface area contributed by atoms with E-state index < -0.39 is 0 Å². The fourth-order valence-corrected chi connectivity index (χ4v) is 2.24. The van der Waals surface area contributed by atoms with Crippen LogP contribution in [0.15, 0.2) is 36.5 Å². The van der Waals surface area contributed by atoms with Gasteiger partial charge in [0.05, 0.1) is 17.8 Å². The molecule has 0 radical (unpaired) electrons. The van der Waals surface area contributed by atoms with Crippen molar-refractivity contribution >= 4 is 11.6 Å². The van der Waals surface area contributed by atoms with Crippen LogP contribution >= 0.6 is 0 Å². The van der Waals surface area contributed by atoms with Crippen LogP contribution in [0.5, 0.6) is 5.88 Å². The van der Waals surface area contributed by atoms with Crippen molar-refractivity contribution in [2.75, 3.05) is 18.5 Å². The summed E-state index contributed by atoms with van der Waals surface area (Å²) in [7, 11) is 0. The van der Waals surface area contributed by atoms with Gasteiger partial charge in [-0.2, -0.15) is 0 Å². The molecule has 0 aliphatic rings. The lowest BCUT2D eigenvalue weighted by Gasteiger charge is -2.19. The van der Waals surface area contributed by atoms with Gasteiger partial charge >= 0.3 is 0 Å². The molecule has 25 heavy (non-hydrogen) atoms. The first kappa shape index (κ1) is 18.9. The number of amides is 1. The highest BCUT2D eigenvalue weighted by Crippen LogP contribution is 2.17. The summed E-state index contributed by atoms with van der Waals surface area (Å²) in [6.07, 6.45) is 1.51. The van der Waals surface area contributed by atoms with E-state index in [1.165, 1.54) is 6.20 Å². The van der Waals surface area contributed by atoms with E-state index in [1.807, 2.05) is 52.8 Å². The van der Waals surface area contributed by atoms with Crippen molar-refractivity contribution < 1.29 is 14.3 Å². The Balaban J connectivity index is 1.89. The number of ether oxygens (including phenoxy) is 2. The fraction of sp³-hybridized carbons (Fsp3) is 0.400. The molecule has 134 valence electrons. The lowest BCUT2D eigenvalue weighted by atomic mass is 10.1. The monoisotopic (exact) mass is 342 g/mol. The summed E-state index contributed by atoms with van der Waals surface area (Å²) in [5.41, 5.74) is 3.29. The zero-order valence-corrected chi connectivity index (χ0v) is 15.6. The van der Waals surface area contributed by atoms with E-state index in [4.69, 9.17) is 9.47 Å². The van der Waals surface area contributed by atoms with Gasteiger partial charge in [-0.05, 0) is 52.3 Å². The van der Waals surface area contributed by atoms with Crippen molar-refractivity contribution in [3.05, 3.63) is 53.2 Å². The number of benzene rings is 1. The van der Waals surface area contributed by atoms with Crippen LogP contribution < -0.4 is 10.1 Å². The molecule has 1 aromatic carbocycles. The van der Waals surface area contributed by atoms with Crippen molar-refractivity contribution in [1.29, 1.82) is 0 Å². The Bertz CT molecular complexity index is 719. The Kier molecular flexibility index (Phi) is 6.15. The van der Waals surface area contributed by atoms with Crippen LogP contribution in [0.4, 0.5) is 5.69 Å². The number of aromatic nitrogens is 1. The number of nitrogens with zero attached hydrogens (tertiary/aromatic N) is 1. The molecule has 1 aromatic heterocycles. The van der Waals surface area contributed by atoms with Crippen molar-refractivity contribution in [1.82, 2.24) is 4.98 Å². The fourth-order valence-electron chi connectivity index (χ4n) is 2.24. The highest BCUT2D eigenvalue weighted by Gasteiger charge is 2.11. The Morgan fingerprint density at radius 2 is 1.88 bits per heavy atom. The number of carbonyl (C=O) groups is 1. The van der Waals surface area contributed by atoms with Gasteiger partial charge in [0, 0.05) is 18.0 Å². The molecule has 0 atom stereocenters. The molecule has 1 heterocycles. The molecule has 2 aromatic rings. The molecule has 0 aliphatic heterocycles. The van der Waals surface area contributed by atoms with Crippen LogP contribution in [-0.4, -0.2) is 29.7 Å². The molecule has 0 spiro atoms. The molecule has 0 bridgehead atoms. The molecule has 0 saturated carbocycles. The largest absolute Gasteiger partial charge is 0.475 e. The van der Waals surface area contributed by atoms with Crippen LogP contribution in [0.3, 0.4) is 0 Å². The SMILES string of the molecule is Cc1ccc(NC(=O)c2ccc(OCCOC(C)(C)C)nc2)c(C)c1. The van der Waals surface area contributed by atoms with Crippen molar-refractivity contribution in [3.8, 4) is 5.88 Å². The number of hydrogen-bond acceptors (Lipinski definition) is 4. The molecule has 0 aliphatic carbocycles. The molecule has 1 amide bonds. The van der Waals surface area contributed by atoms with Crippen LogP contribution in [0.25, 0.3) is 0 Å². The topological polar surface area (TPSA) is 60.5 Å². The first-order valence-electron chi connectivity index (χ1n) is 8.36. The minimum absolute atomic E-state index is 0.188. The zero-order valence-electron chi connectivity index (χ0n) is 15.6. The van der Waals surface area contributed by atoms with Gasteiger partial charge < -0.3 is 14.8 Å². The third-order valence-corrected chi connectivity index (χ3v) is 3.50. The first-order chi connectivity index (χ1) is 11.7. The van der Waals surface area contributed by atoms with E-state index in [1.54, 1.807) is 12.1 Å². The molecule has 2 rings (SSSR count). The maximum Gasteiger partial charge on any atom is 0.257 e. The molecule has 0 unspecified atom stereocenters. The predicted molar refractivity (Wildman–Crippen MR) is 99.3 cm³/mol. The van der Waals surface area contributed by atoms with Gasteiger partial charge in [0.2, 0.25) is 5.88 Å².